The zero-order chi connectivity index (χ0) is 19.6. The normalized spacial score (nSPS) is 14.1. The SMILES string of the molecule is Cc1ccc(C(=O)NNC(=O)COc2cccc3c2OC(C)(C)C3)c(C)c1. The minimum absolute atomic E-state index is 0.229. The first-order valence-electron chi connectivity index (χ1n) is 8.85. The van der Waals surface area contributed by atoms with Crippen molar-refractivity contribution in [3.63, 3.8) is 0 Å². The quantitative estimate of drug-likeness (QED) is 0.814. The molecule has 1 aliphatic heterocycles. The molecule has 6 heteroatoms. The van der Waals surface area contributed by atoms with Crippen LogP contribution in [0.3, 0.4) is 0 Å². The maximum Gasteiger partial charge on any atom is 0.276 e. The van der Waals surface area contributed by atoms with Gasteiger partial charge in [-0.3, -0.25) is 20.4 Å². The third kappa shape index (κ3) is 4.39. The maximum atomic E-state index is 12.2. The van der Waals surface area contributed by atoms with Crippen LogP contribution in [0, 0.1) is 13.8 Å². The van der Waals surface area contributed by atoms with Gasteiger partial charge in [-0.1, -0.05) is 29.8 Å². The lowest BCUT2D eigenvalue weighted by Crippen LogP contribution is -2.44. The molecule has 1 aliphatic rings. The highest BCUT2D eigenvalue weighted by Crippen LogP contribution is 2.41. The number of hydrogen-bond acceptors (Lipinski definition) is 4. The van der Waals surface area contributed by atoms with Gasteiger partial charge < -0.3 is 9.47 Å². The van der Waals surface area contributed by atoms with Gasteiger partial charge in [-0.25, -0.2) is 0 Å². The smallest absolute Gasteiger partial charge is 0.276 e. The van der Waals surface area contributed by atoms with Crippen molar-refractivity contribution in [3.8, 4) is 11.5 Å². The molecule has 0 saturated carbocycles. The van der Waals surface area contributed by atoms with Gasteiger partial charge in [0.25, 0.3) is 11.8 Å². The van der Waals surface area contributed by atoms with Gasteiger partial charge in [-0.05, 0) is 45.4 Å². The Morgan fingerprint density at radius 1 is 1.15 bits per heavy atom. The summed E-state index contributed by atoms with van der Waals surface area (Å²) in [5.41, 5.74) is 7.98. The number of ether oxygens (including phenoxy) is 2. The van der Waals surface area contributed by atoms with Crippen LogP contribution in [-0.4, -0.2) is 24.0 Å². The number of rotatable bonds is 4. The maximum absolute atomic E-state index is 12.2. The van der Waals surface area contributed by atoms with Crippen molar-refractivity contribution in [3.05, 3.63) is 58.7 Å². The van der Waals surface area contributed by atoms with Gasteiger partial charge in [0.15, 0.2) is 18.1 Å². The predicted octanol–water partition coefficient (Wildman–Crippen LogP) is 2.86. The largest absolute Gasteiger partial charge is 0.483 e. The second kappa shape index (κ2) is 7.31. The van der Waals surface area contributed by atoms with E-state index in [9.17, 15) is 9.59 Å². The van der Waals surface area contributed by atoms with Crippen molar-refractivity contribution in [2.75, 3.05) is 6.61 Å². The van der Waals surface area contributed by atoms with E-state index in [-0.39, 0.29) is 18.1 Å². The predicted molar refractivity (Wildman–Crippen MR) is 102 cm³/mol. The van der Waals surface area contributed by atoms with Crippen molar-refractivity contribution in [1.29, 1.82) is 0 Å². The van der Waals surface area contributed by atoms with E-state index in [1.165, 1.54) is 0 Å². The van der Waals surface area contributed by atoms with Gasteiger partial charge in [-0.2, -0.15) is 0 Å². The molecule has 0 bridgehead atoms. The van der Waals surface area contributed by atoms with Gasteiger partial charge in [0.1, 0.15) is 5.60 Å². The van der Waals surface area contributed by atoms with E-state index in [0.29, 0.717) is 17.1 Å². The Morgan fingerprint density at radius 2 is 1.93 bits per heavy atom. The molecule has 0 unspecified atom stereocenters. The van der Waals surface area contributed by atoms with E-state index < -0.39 is 5.91 Å². The van der Waals surface area contributed by atoms with Crippen LogP contribution >= 0.6 is 0 Å². The topological polar surface area (TPSA) is 76.7 Å². The zero-order valence-corrected chi connectivity index (χ0v) is 16.0. The van der Waals surface area contributed by atoms with Crippen molar-refractivity contribution in [2.24, 2.45) is 0 Å². The number of hydrazine groups is 1. The van der Waals surface area contributed by atoms with E-state index >= 15 is 0 Å². The average molecular weight is 368 g/mol. The molecule has 2 aromatic rings. The molecule has 2 aromatic carbocycles. The lowest BCUT2D eigenvalue weighted by molar-refractivity contribution is -0.123. The van der Waals surface area contributed by atoms with Gasteiger partial charge in [0, 0.05) is 17.5 Å². The molecule has 2 N–H and O–H groups in total. The Morgan fingerprint density at radius 3 is 2.67 bits per heavy atom. The second-order valence-electron chi connectivity index (χ2n) is 7.39. The fourth-order valence-electron chi connectivity index (χ4n) is 3.14. The molecular formula is C21H24N2O4. The molecule has 2 amide bonds. The van der Waals surface area contributed by atoms with E-state index in [4.69, 9.17) is 9.47 Å². The molecule has 0 saturated heterocycles. The summed E-state index contributed by atoms with van der Waals surface area (Å²) in [5.74, 6) is 0.373. The molecule has 1 heterocycles. The van der Waals surface area contributed by atoms with Gasteiger partial charge in [0.05, 0.1) is 0 Å². The lowest BCUT2D eigenvalue weighted by Gasteiger charge is -2.18. The van der Waals surface area contributed by atoms with Gasteiger partial charge in [-0.15, -0.1) is 0 Å². The third-order valence-corrected chi connectivity index (χ3v) is 4.36. The number of amides is 2. The third-order valence-electron chi connectivity index (χ3n) is 4.36. The summed E-state index contributed by atoms with van der Waals surface area (Å²) >= 11 is 0. The average Bonchev–Trinajstić information content (AvgIpc) is 2.92. The Balaban J connectivity index is 1.54. The first kappa shape index (κ1) is 18.8. The summed E-state index contributed by atoms with van der Waals surface area (Å²) in [6.45, 7) is 7.59. The van der Waals surface area contributed by atoms with Crippen molar-refractivity contribution >= 4 is 11.8 Å². The number of benzene rings is 2. The number of carbonyl (C=O) groups is 2. The molecule has 0 fully saturated rings. The van der Waals surface area contributed by atoms with E-state index in [1.54, 1.807) is 12.1 Å². The Kier molecular flexibility index (Phi) is 5.08. The van der Waals surface area contributed by atoms with Crippen LogP contribution in [0.2, 0.25) is 0 Å². The fraction of sp³-hybridized carbons (Fsp3) is 0.333. The van der Waals surface area contributed by atoms with Crippen LogP contribution in [-0.2, 0) is 11.2 Å². The number of aryl methyl sites for hydroxylation is 2. The van der Waals surface area contributed by atoms with E-state index in [1.807, 2.05) is 52.0 Å². The summed E-state index contributed by atoms with van der Waals surface area (Å²) in [6, 6.07) is 11.1. The van der Waals surface area contributed by atoms with Crippen LogP contribution in [0.25, 0.3) is 0 Å². The first-order chi connectivity index (χ1) is 12.7. The first-order valence-corrected chi connectivity index (χ1v) is 8.85. The number of carbonyl (C=O) groups excluding carboxylic acids is 2. The number of para-hydroxylation sites is 1. The zero-order valence-electron chi connectivity index (χ0n) is 16.0. The highest BCUT2D eigenvalue weighted by Gasteiger charge is 2.32. The fourth-order valence-corrected chi connectivity index (χ4v) is 3.14. The van der Waals surface area contributed by atoms with Crippen molar-refractivity contribution in [1.82, 2.24) is 10.9 Å². The van der Waals surface area contributed by atoms with Crippen LogP contribution in [0.5, 0.6) is 11.5 Å². The Bertz CT molecular complexity index is 890. The lowest BCUT2D eigenvalue weighted by atomic mass is 10.0. The van der Waals surface area contributed by atoms with Crippen LogP contribution in [0.15, 0.2) is 36.4 Å². The monoisotopic (exact) mass is 368 g/mol. The molecule has 0 radical (unpaired) electrons. The molecule has 142 valence electrons. The van der Waals surface area contributed by atoms with Crippen LogP contribution in [0.1, 0.15) is 40.9 Å². The summed E-state index contributed by atoms with van der Waals surface area (Å²) in [6.07, 6.45) is 0.789. The number of hydrogen-bond donors (Lipinski definition) is 2. The van der Waals surface area contributed by atoms with Gasteiger partial charge >= 0.3 is 0 Å². The number of nitrogens with one attached hydrogen (secondary N) is 2. The highest BCUT2D eigenvalue weighted by molar-refractivity contribution is 5.96. The van der Waals surface area contributed by atoms with Crippen LogP contribution in [0.4, 0.5) is 0 Å². The summed E-state index contributed by atoms with van der Waals surface area (Å²) in [5, 5.41) is 0. The molecule has 6 nitrogen and oxygen atoms in total. The molecule has 0 spiro atoms. The molecular weight excluding hydrogens is 344 g/mol. The molecule has 0 aromatic heterocycles. The molecule has 0 aliphatic carbocycles. The summed E-state index contributed by atoms with van der Waals surface area (Å²) in [7, 11) is 0. The Labute approximate surface area is 158 Å². The molecule has 27 heavy (non-hydrogen) atoms. The molecule has 0 atom stereocenters. The van der Waals surface area contributed by atoms with E-state index in [2.05, 4.69) is 10.9 Å². The van der Waals surface area contributed by atoms with E-state index in [0.717, 1.165) is 23.1 Å². The van der Waals surface area contributed by atoms with Crippen LogP contribution < -0.4 is 20.3 Å². The van der Waals surface area contributed by atoms with Crippen molar-refractivity contribution < 1.29 is 19.1 Å². The second-order valence-corrected chi connectivity index (χ2v) is 7.39. The minimum atomic E-state index is -0.456. The van der Waals surface area contributed by atoms with Crippen molar-refractivity contribution in [2.45, 2.75) is 39.7 Å². The summed E-state index contributed by atoms with van der Waals surface area (Å²) < 4.78 is 11.5. The Hall–Kier alpha value is -3.02. The standard InChI is InChI=1S/C21H24N2O4/c1-13-8-9-16(14(2)10-13)20(25)23-22-18(24)12-26-17-7-5-6-15-11-21(3,4)27-19(15)17/h5-10H,11-12H2,1-4H3,(H,22,24)(H,23,25). The van der Waals surface area contributed by atoms with Gasteiger partial charge in [0.2, 0.25) is 0 Å². The summed E-state index contributed by atoms with van der Waals surface area (Å²) in [4.78, 5) is 24.2. The highest BCUT2D eigenvalue weighted by atomic mass is 16.5. The minimum Gasteiger partial charge on any atom is -0.483 e. The number of fused-ring (bicyclic) bond motifs is 1. The molecule has 3 rings (SSSR count).